The van der Waals surface area contributed by atoms with Gasteiger partial charge in [-0.25, -0.2) is 0 Å². The highest BCUT2D eigenvalue weighted by Crippen LogP contribution is 2.43. The molecule has 1 aromatic heterocycles. The first-order valence-electron chi connectivity index (χ1n) is 6.10. The minimum atomic E-state index is 0.105. The molecule has 0 aromatic carbocycles. The molecular weight excluding hydrogens is 214 g/mol. The van der Waals surface area contributed by atoms with Crippen molar-refractivity contribution >= 4 is 5.91 Å². The van der Waals surface area contributed by atoms with Gasteiger partial charge < -0.3 is 11.1 Å². The molecule has 1 amide bonds. The van der Waals surface area contributed by atoms with Crippen molar-refractivity contribution in [2.45, 2.75) is 25.7 Å². The van der Waals surface area contributed by atoms with Crippen molar-refractivity contribution in [2.75, 3.05) is 13.1 Å². The van der Waals surface area contributed by atoms with Gasteiger partial charge in [-0.05, 0) is 42.9 Å². The molecule has 0 aliphatic heterocycles. The van der Waals surface area contributed by atoms with E-state index in [1.807, 2.05) is 12.1 Å². The average Bonchev–Trinajstić information content (AvgIpc) is 3.16. The number of pyridine rings is 1. The molecule has 0 bridgehead atoms. The van der Waals surface area contributed by atoms with Crippen molar-refractivity contribution in [3.05, 3.63) is 30.1 Å². The van der Waals surface area contributed by atoms with Crippen LogP contribution in [0.1, 0.15) is 24.8 Å². The molecule has 3 N–H and O–H groups in total. The molecule has 17 heavy (non-hydrogen) atoms. The number of nitrogens with two attached hydrogens (primary N) is 1. The monoisotopic (exact) mass is 233 g/mol. The molecule has 1 aliphatic rings. The lowest BCUT2D eigenvalue weighted by Crippen LogP contribution is -2.33. The van der Waals surface area contributed by atoms with Gasteiger partial charge in [-0.3, -0.25) is 9.78 Å². The quantitative estimate of drug-likeness (QED) is 0.766. The van der Waals surface area contributed by atoms with Gasteiger partial charge in [0.05, 0.1) is 0 Å². The van der Waals surface area contributed by atoms with Crippen LogP contribution in [0.15, 0.2) is 24.5 Å². The first-order chi connectivity index (χ1) is 8.24. The van der Waals surface area contributed by atoms with Crippen LogP contribution in [0, 0.1) is 5.41 Å². The van der Waals surface area contributed by atoms with Crippen LogP contribution in [0.25, 0.3) is 0 Å². The summed E-state index contributed by atoms with van der Waals surface area (Å²) in [5.74, 6) is 0.105. The smallest absolute Gasteiger partial charge is 0.220 e. The van der Waals surface area contributed by atoms with Gasteiger partial charge in [-0.2, -0.15) is 0 Å². The normalized spacial score (nSPS) is 16.5. The Morgan fingerprint density at radius 1 is 1.53 bits per heavy atom. The highest BCUT2D eigenvalue weighted by atomic mass is 16.1. The lowest BCUT2D eigenvalue weighted by Gasteiger charge is -2.13. The van der Waals surface area contributed by atoms with Crippen LogP contribution in [-0.2, 0) is 11.2 Å². The fraction of sp³-hybridized carbons (Fsp3) is 0.538. The molecule has 2 rings (SSSR count). The van der Waals surface area contributed by atoms with Gasteiger partial charge in [0, 0.05) is 25.4 Å². The molecule has 1 aromatic rings. The third-order valence-electron chi connectivity index (χ3n) is 3.41. The van der Waals surface area contributed by atoms with Gasteiger partial charge >= 0.3 is 0 Å². The molecule has 0 atom stereocenters. The minimum absolute atomic E-state index is 0.105. The number of carbonyl (C=O) groups excluding carboxylic acids is 1. The number of aryl methyl sites for hydroxylation is 1. The van der Waals surface area contributed by atoms with Crippen LogP contribution in [0.3, 0.4) is 0 Å². The second-order valence-corrected chi connectivity index (χ2v) is 4.84. The van der Waals surface area contributed by atoms with Crippen molar-refractivity contribution in [3.8, 4) is 0 Å². The van der Waals surface area contributed by atoms with E-state index in [1.54, 1.807) is 12.4 Å². The molecule has 1 fully saturated rings. The number of hydrogen-bond acceptors (Lipinski definition) is 3. The summed E-state index contributed by atoms with van der Waals surface area (Å²) < 4.78 is 0. The minimum Gasteiger partial charge on any atom is -0.355 e. The Morgan fingerprint density at radius 2 is 2.35 bits per heavy atom. The maximum atomic E-state index is 11.6. The number of nitrogens with one attached hydrogen (secondary N) is 1. The fourth-order valence-electron chi connectivity index (χ4n) is 1.81. The first-order valence-corrected chi connectivity index (χ1v) is 6.10. The third kappa shape index (κ3) is 3.53. The largest absolute Gasteiger partial charge is 0.355 e. The fourth-order valence-corrected chi connectivity index (χ4v) is 1.81. The van der Waals surface area contributed by atoms with Gasteiger partial charge in [0.1, 0.15) is 0 Å². The van der Waals surface area contributed by atoms with Crippen LogP contribution in [0.5, 0.6) is 0 Å². The predicted molar refractivity (Wildman–Crippen MR) is 66.3 cm³/mol. The molecule has 4 heteroatoms. The summed E-state index contributed by atoms with van der Waals surface area (Å²) >= 11 is 0. The summed E-state index contributed by atoms with van der Waals surface area (Å²) in [6.07, 6.45) is 7.09. The SMILES string of the molecule is NCC1(CNC(=O)CCc2cccnc2)CC1. The summed E-state index contributed by atoms with van der Waals surface area (Å²) in [6.45, 7) is 1.41. The second kappa shape index (κ2) is 5.27. The van der Waals surface area contributed by atoms with E-state index in [4.69, 9.17) is 5.73 Å². The Morgan fingerprint density at radius 3 is 2.94 bits per heavy atom. The van der Waals surface area contributed by atoms with Crippen molar-refractivity contribution in [2.24, 2.45) is 11.1 Å². The Hall–Kier alpha value is -1.42. The third-order valence-corrected chi connectivity index (χ3v) is 3.41. The molecule has 1 heterocycles. The van der Waals surface area contributed by atoms with E-state index in [0.717, 1.165) is 31.4 Å². The molecule has 4 nitrogen and oxygen atoms in total. The Labute approximate surface area is 102 Å². The van der Waals surface area contributed by atoms with E-state index in [9.17, 15) is 4.79 Å². The molecule has 1 saturated carbocycles. The van der Waals surface area contributed by atoms with Gasteiger partial charge in [0.25, 0.3) is 0 Å². The predicted octanol–water partition coefficient (Wildman–Crippen LogP) is 0.869. The number of aromatic nitrogens is 1. The van der Waals surface area contributed by atoms with Gasteiger partial charge in [-0.1, -0.05) is 6.07 Å². The summed E-state index contributed by atoms with van der Waals surface area (Å²) in [5, 5.41) is 2.97. The average molecular weight is 233 g/mol. The van der Waals surface area contributed by atoms with Gasteiger partial charge in [0.15, 0.2) is 0 Å². The van der Waals surface area contributed by atoms with Gasteiger partial charge in [-0.15, -0.1) is 0 Å². The maximum Gasteiger partial charge on any atom is 0.220 e. The summed E-state index contributed by atoms with van der Waals surface area (Å²) in [7, 11) is 0. The molecule has 0 saturated heterocycles. The van der Waals surface area contributed by atoms with Crippen molar-refractivity contribution in [1.82, 2.24) is 10.3 Å². The van der Waals surface area contributed by atoms with E-state index in [2.05, 4.69) is 10.3 Å². The van der Waals surface area contributed by atoms with Crippen LogP contribution in [-0.4, -0.2) is 24.0 Å². The lowest BCUT2D eigenvalue weighted by atomic mass is 10.1. The van der Waals surface area contributed by atoms with Crippen molar-refractivity contribution in [1.29, 1.82) is 0 Å². The zero-order valence-electron chi connectivity index (χ0n) is 9.98. The number of nitrogens with zero attached hydrogens (tertiary/aromatic N) is 1. The number of hydrogen-bond donors (Lipinski definition) is 2. The van der Waals surface area contributed by atoms with E-state index < -0.39 is 0 Å². The molecular formula is C13H19N3O. The maximum absolute atomic E-state index is 11.6. The molecule has 0 radical (unpaired) electrons. The highest BCUT2D eigenvalue weighted by molar-refractivity contribution is 5.76. The first kappa shape index (κ1) is 12.0. The Balaban J connectivity index is 1.68. The number of carbonyl (C=O) groups is 1. The van der Waals surface area contributed by atoms with Crippen LogP contribution in [0.4, 0.5) is 0 Å². The van der Waals surface area contributed by atoms with Gasteiger partial charge in [0.2, 0.25) is 5.91 Å². The zero-order valence-corrected chi connectivity index (χ0v) is 9.98. The Bertz CT molecular complexity index is 374. The van der Waals surface area contributed by atoms with Crippen molar-refractivity contribution in [3.63, 3.8) is 0 Å². The van der Waals surface area contributed by atoms with Crippen molar-refractivity contribution < 1.29 is 4.79 Å². The summed E-state index contributed by atoms with van der Waals surface area (Å²) in [4.78, 5) is 15.7. The summed E-state index contributed by atoms with van der Waals surface area (Å²) in [6, 6.07) is 3.88. The number of amides is 1. The molecule has 0 spiro atoms. The van der Waals surface area contributed by atoms with E-state index in [0.29, 0.717) is 13.0 Å². The molecule has 0 unspecified atom stereocenters. The van der Waals surface area contributed by atoms with E-state index >= 15 is 0 Å². The van der Waals surface area contributed by atoms with Crippen LogP contribution >= 0.6 is 0 Å². The summed E-state index contributed by atoms with van der Waals surface area (Å²) in [5.41, 5.74) is 6.97. The standard InChI is InChI=1S/C13H19N3O/c14-9-13(5-6-13)10-16-12(17)4-3-11-2-1-7-15-8-11/h1-2,7-8H,3-6,9-10,14H2,(H,16,17). The van der Waals surface area contributed by atoms with Crippen LogP contribution < -0.4 is 11.1 Å². The molecule has 92 valence electrons. The molecule has 1 aliphatic carbocycles. The van der Waals surface area contributed by atoms with E-state index in [-0.39, 0.29) is 11.3 Å². The number of rotatable bonds is 6. The van der Waals surface area contributed by atoms with E-state index in [1.165, 1.54) is 0 Å². The zero-order chi connectivity index (χ0) is 12.1. The Kier molecular flexibility index (Phi) is 3.74. The highest BCUT2D eigenvalue weighted by Gasteiger charge is 2.41. The lowest BCUT2D eigenvalue weighted by molar-refractivity contribution is -0.121. The second-order valence-electron chi connectivity index (χ2n) is 4.84. The van der Waals surface area contributed by atoms with Crippen LogP contribution in [0.2, 0.25) is 0 Å². The topological polar surface area (TPSA) is 68.0 Å².